The first kappa shape index (κ1) is 30.8. The lowest BCUT2D eigenvalue weighted by atomic mass is 9.65. The van der Waals surface area contributed by atoms with Gasteiger partial charge in [0, 0.05) is 28.2 Å². The second-order valence-corrected chi connectivity index (χ2v) is 12.4. The van der Waals surface area contributed by atoms with Crippen LogP contribution < -0.4 is 4.90 Å². The number of pyridine rings is 1. The molecule has 0 fully saturated rings. The summed E-state index contributed by atoms with van der Waals surface area (Å²) in [6, 6.07) is 77.6. The number of anilines is 3. The highest BCUT2D eigenvalue weighted by Crippen LogP contribution is 2.46. The van der Waals surface area contributed by atoms with E-state index in [1.807, 2.05) is 6.07 Å². The lowest BCUT2D eigenvalue weighted by Crippen LogP contribution is -2.31. The van der Waals surface area contributed by atoms with Gasteiger partial charge in [-0.2, -0.15) is 0 Å². The molecule has 0 unspecified atom stereocenters. The highest BCUT2D eigenvalue weighted by molar-refractivity contribution is 5.77. The van der Waals surface area contributed by atoms with Gasteiger partial charge >= 0.3 is 0 Å². The maximum Gasteiger partial charge on any atom is 0.0709 e. The van der Waals surface area contributed by atoms with Gasteiger partial charge in [0.05, 0.1) is 16.8 Å². The van der Waals surface area contributed by atoms with Crippen molar-refractivity contribution in [1.29, 1.82) is 0 Å². The molecule has 0 N–H and O–H groups in total. The third-order valence-electron chi connectivity index (χ3n) is 9.43. The van der Waals surface area contributed by atoms with Gasteiger partial charge in [-0.1, -0.05) is 170 Å². The summed E-state index contributed by atoms with van der Waals surface area (Å²) in [4.78, 5) is 7.36. The van der Waals surface area contributed by atoms with Crippen molar-refractivity contribution in [3.8, 4) is 22.5 Å². The molecule has 0 aliphatic heterocycles. The van der Waals surface area contributed by atoms with Gasteiger partial charge in [-0.3, -0.25) is 0 Å². The summed E-state index contributed by atoms with van der Waals surface area (Å²) < 4.78 is 0. The molecular formula is C48H36N2. The molecular weight excluding hydrogens is 605 g/mol. The molecule has 0 bridgehead atoms. The number of nitrogens with zero attached hydrogens (tertiary/aromatic N) is 2. The van der Waals surface area contributed by atoms with E-state index in [2.05, 4.69) is 217 Å². The highest BCUT2D eigenvalue weighted by atomic mass is 15.1. The largest absolute Gasteiger partial charge is 0.311 e. The minimum Gasteiger partial charge on any atom is -0.311 e. The van der Waals surface area contributed by atoms with E-state index in [0.717, 1.165) is 39.6 Å². The maximum atomic E-state index is 5.05. The Morgan fingerprint density at radius 3 is 1.08 bits per heavy atom. The number of benzene rings is 7. The number of hydrogen-bond donors (Lipinski definition) is 0. The van der Waals surface area contributed by atoms with E-state index in [1.165, 1.54) is 22.3 Å². The molecule has 0 saturated heterocycles. The van der Waals surface area contributed by atoms with E-state index in [9.17, 15) is 0 Å². The zero-order valence-electron chi connectivity index (χ0n) is 27.7. The molecule has 0 amide bonds. The summed E-state index contributed by atoms with van der Waals surface area (Å²) in [6.45, 7) is 0. The van der Waals surface area contributed by atoms with Crippen LogP contribution in [0, 0.1) is 0 Å². The zero-order chi connectivity index (χ0) is 33.6. The van der Waals surface area contributed by atoms with Crippen LogP contribution in [0.15, 0.2) is 218 Å². The number of hydrogen-bond acceptors (Lipinski definition) is 2. The normalized spacial score (nSPS) is 11.2. The third-order valence-corrected chi connectivity index (χ3v) is 9.43. The van der Waals surface area contributed by atoms with Gasteiger partial charge in [-0.25, -0.2) is 4.98 Å². The number of rotatable bonds is 9. The fraction of sp³-hybridized carbons (Fsp3) is 0.0208. The van der Waals surface area contributed by atoms with Crippen LogP contribution in [0.1, 0.15) is 22.3 Å². The molecule has 2 heteroatoms. The number of para-hydroxylation sites is 2. The predicted octanol–water partition coefficient (Wildman–Crippen LogP) is 12.3. The van der Waals surface area contributed by atoms with Crippen LogP contribution in [0.3, 0.4) is 0 Å². The van der Waals surface area contributed by atoms with E-state index >= 15 is 0 Å². The molecule has 238 valence electrons. The van der Waals surface area contributed by atoms with Crippen molar-refractivity contribution in [2.75, 3.05) is 4.90 Å². The Hall–Kier alpha value is -6.51. The predicted molar refractivity (Wildman–Crippen MR) is 208 cm³/mol. The molecule has 0 saturated carbocycles. The molecule has 0 spiro atoms. The summed E-state index contributed by atoms with van der Waals surface area (Å²) in [5.41, 5.74) is 11.7. The Kier molecular flexibility index (Phi) is 8.57. The molecule has 0 radical (unpaired) electrons. The van der Waals surface area contributed by atoms with Gasteiger partial charge in [-0.05, 0) is 70.8 Å². The summed E-state index contributed by atoms with van der Waals surface area (Å²) in [6.07, 6.45) is 0. The van der Waals surface area contributed by atoms with Gasteiger partial charge in [0.15, 0.2) is 0 Å². The zero-order valence-corrected chi connectivity index (χ0v) is 27.7. The fourth-order valence-electron chi connectivity index (χ4n) is 7.09. The summed E-state index contributed by atoms with van der Waals surface area (Å²) in [5, 5.41) is 0. The van der Waals surface area contributed by atoms with Crippen molar-refractivity contribution in [3.63, 3.8) is 0 Å². The Bertz CT molecular complexity index is 2190. The molecule has 0 aliphatic carbocycles. The fourth-order valence-corrected chi connectivity index (χ4v) is 7.09. The standard InChI is InChI=1S/C48H36N2/c1-6-17-37(18-7-1)46-27-16-28-47(49-46)38-29-31-41(32-30-38)48(39-19-8-2-9-20-39,40-21-10-3-11-22-40)42-33-35-45(36-34-42)50(43-23-12-4-13-24-43)44-25-14-5-15-26-44/h1-36H. The van der Waals surface area contributed by atoms with Crippen molar-refractivity contribution in [3.05, 3.63) is 241 Å². The van der Waals surface area contributed by atoms with E-state index in [-0.39, 0.29) is 0 Å². The van der Waals surface area contributed by atoms with E-state index in [4.69, 9.17) is 4.98 Å². The molecule has 0 aliphatic rings. The highest BCUT2D eigenvalue weighted by Gasteiger charge is 2.38. The molecule has 1 aromatic heterocycles. The van der Waals surface area contributed by atoms with Gasteiger partial charge < -0.3 is 4.90 Å². The van der Waals surface area contributed by atoms with E-state index in [0.29, 0.717) is 0 Å². The SMILES string of the molecule is c1ccc(-c2cccc(-c3ccc(C(c4ccccc4)(c4ccccc4)c4ccc(N(c5ccccc5)c5ccccc5)cc4)cc3)n2)cc1. The van der Waals surface area contributed by atoms with Crippen LogP contribution >= 0.6 is 0 Å². The summed E-state index contributed by atoms with van der Waals surface area (Å²) in [5.74, 6) is 0. The minimum absolute atomic E-state index is 0.566. The van der Waals surface area contributed by atoms with Gasteiger partial charge in [0.25, 0.3) is 0 Å². The van der Waals surface area contributed by atoms with Gasteiger partial charge in [-0.15, -0.1) is 0 Å². The van der Waals surface area contributed by atoms with Crippen LogP contribution in [-0.4, -0.2) is 4.98 Å². The van der Waals surface area contributed by atoms with E-state index < -0.39 is 5.41 Å². The van der Waals surface area contributed by atoms with Crippen molar-refractivity contribution < 1.29 is 0 Å². The Balaban J connectivity index is 1.27. The summed E-state index contributed by atoms with van der Waals surface area (Å²) in [7, 11) is 0. The van der Waals surface area contributed by atoms with Crippen LogP contribution in [-0.2, 0) is 5.41 Å². The van der Waals surface area contributed by atoms with Crippen molar-refractivity contribution in [2.45, 2.75) is 5.41 Å². The first-order valence-electron chi connectivity index (χ1n) is 17.1. The Morgan fingerprint density at radius 1 is 0.280 bits per heavy atom. The van der Waals surface area contributed by atoms with Gasteiger partial charge in [0.1, 0.15) is 0 Å². The first-order valence-corrected chi connectivity index (χ1v) is 17.1. The van der Waals surface area contributed by atoms with Crippen molar-refractivity contribution >= 4 is 17.1 Å². The minimum atomic E-state index is -0.566. The second kappa shape index (κ2) is 13.9. The molecule has 2 nitrogen and oxygen atoms in total. The third kappa shape index (κ3) is 5.89. The van der Waals surface area contributed by atoms with E-state index in [1.54, 1.807) is 0 Å². The maximum absolute atomic E-state index is 5.05. The van der Waals surface area contributed by atoms with Crippen LogP contribution in [0.4, 0.5) is 17.1 Å². The number of aromatic nitrogens is 1. The molecule has 0 atom stereocenters. The van der Waals surface area contributed by atoms with Crippen molar-refractivity contribution in [1.82, 2.24) is 4.98 Å². The average molecular weight is 641 g/mol. The smallest absolute Gasteiger partial charge is 0.0709 e. The molecule has 7 aromatic carbocycles. The van der Waals surface area contributed by atoms with Crippen LogP contribution in [0.25, 0.3) is 22.5 Å². The monoisotopic (exact) mass is 640 g/mol. The Labute approximate surface area is 294 Å². The first-order chi connectivity index (χ1) is 24.8. The lowest BCUT2D eigenvalue weighted by Gasteiger charge is -2.37. The van der Waals surface area contributed by atoms with Crippen molar-refractivity contribution in [2.24, 2.45) is 0 Å². The Morgan fingerprint density at radius 2 is 0.620 bits per heavy atom. The lowest BCUT2D eigenvalue weighted by molar-refractivity contribution is 0.745. The quantitative estimate of drug-likeness (QED) is 0.146. The summed E-state index contributed by atoms with van der Waals surface area (Å²) >= 11 is 0. The topological polar surface area (TPSA) is 16.1 Å². The second-order valence-electron chi connectivity index (χ2n) is 12.4. The average Bonchev–Trinajstić information content (AvgIpc) is 3.21. The molecule has 50 heavy (non-hydrogen) atoms. The van der Waals surface area contributed by atoms with Crippen LogP contribution in [0.5, 0.6) is 0 Å². The molecule has 1 heterocycles. The van der Waals surface area contributed by atoms with Crippen LogP contribution in [0.2, 0.25) is 0 Å². The molecule has 8 aromatic rings. The molecule has 8 rings (SSSR count). The van der Waals surface area contributed by atoms with Gasteiger partial charge in [0.2, 0.25) is 0 Å².